The number of anilines is 1. The number of hydrogen-bond acceptors (Lipinski definition) is 2. The maximum atomic E-state index is 14.2. The van der Waals surface area contributed by atoms with Gasteiger partial charge in [0.25, 0.3) is 0 Å². The number of halogens is 1. The van der Waals surface area contributed by atoms with E-state index in [2.05, 4.69) is 17.1 Å². The van der Waals surface area contributed by atoms with Crippen LogP contribution in [0, 0.1) is 5.82 Å². The first-order valence-electron chi connectivity index (χ1n) is 8.00. The van der Waals surface area contributed by atoms with Gasteiger partial charge in [-0.1, -0.05) is 38.3 Å². The number of rotatable bonds is 2. The molecule has 1 atom stereocenters. The van der Waals surface area contributed by atoms with Gasteiger partial charge >= 0.3 is 0 Å². The Hall–Kier alpha value is -1.09. The summed E-state index contributed by atoms with van der Waals surface area (Å²) >= 11 is 0. The van der Waals surface area contributed by atoms with Gasteiger partial charge in [-0.25, -0.2) is 4.39 Å². The zero-order valence-corrected chi connectivity index (χ0v) is 12.4. The molecule has 3 rings (SSSR count). The molecule has 1 aliphatic carbocycles. The number of piperazine rings is 1. The molecule has 1 aromatic carbocycles. The molecule has 1 saturated carbocycles. The summed E-state index contributed by atoms with van der Waals surface area (Å²) in [7, 11) is 0. The highest BCUT2D eigenvalue weighted by molar-refractivity contribution is 5.50. The molecule has 20 heavy (non-hydrogen) atoms. The number of hydrogen-bond donors (Lipinski definition) is 1. The standard InChI is InChI=1S/C17H25FN2/c1-2-14-12-19-17(10-6-3-7-11-17)13-20(14)16-9-5-4-8-15(16)18/h4-5,8-9,14,19H,2-3,6-7,10-13H2,1H3. The second-order valence-electron chi connectivity index (χ2n) is 6.36. The fourth-order valence-electron chi connectivity index (χ4n) is 3.85. The Bertz CT molecular complexity index is 454. The zero-order valence-electron chi connectivity index (χ0n) is 12.4. The summed E-state index contributed by atoms with van der Waals surface area (Å²) in [6, 6.07) is 7.63. The maximum Gasteiger partial charge on any atom is 0.146 e. The Kier molecular flexibility index (Phi) is 3.97. The minimum atomic E-state index is -0.0844. The van der Waals surface area contributed by atoms with E-state index in [1.807, 2.05) is 12.1 Å². The molecular weight excluding hydrogens is 251 g/mol. The lowest BCUT2D eigenvalue weighted by atomic mass is 9.79. The Morgan fingerprint density at radius 2 is 2.00 bits per heavy atom. The molecule has 0 aromatic heterocycles. The van der Waals surface area contributed by atoms with Crippen LogP contribution in [0.4, 0.5) is 10.1 Å². The van der Waals surface area contributed by atoms with Crippen LogP contribution in [-0.4, -0.2) is 24.7 Å². The van der Waals surface area contributed by atoms with Gasteiger partial charge in [0.15, 0.2) is 0 Å². The quantitative estimate of drug-likeness (QED) is 0.885. The summed E-state index contributed by atoms with van der Waals surface area (Å²) in [5.74, 6) is -0.0844. The third kappa shape index (κ3) is 2.56. The Morgan fingerprint density at radius 3 is 2.70 bits per heavy atom. The second kappa shape index (κ2) is 5.72. The van der Waals surface area contributed by atoms with Gasteiger partial charge in [0, 0.05) is 24.7 Å². The lowest BCUT2D eigenvalue weighted by molar-refractivity contribution is 0.195. The van der Waals surface area contributed by atoms with E-state index < -0.39 is 0 Å². The molecule has 1 heterocycles. The fourth-order valence-corrected chi connectivity index (χ4v) is 3.85. The first kappa shape index (κ1) is 13.9. The van der Waals surface area contributed by atoms with Gasteiger partial charge in [0.05, 0.1) is 5.69 Å². The normalized spacial score (nSPS) is 25.9. The van der Waals surface area contributed by atoms with E-state index in [1.54, 1.807) is 12.1 Å². The van der Waals surface area contributed by atoms with Crippen LogP contribution in [0.25, 0.3) is 0 Å². The highest BCUT2D eigenvalue weighted by atomic mass is 19.1. The molecule has 0 amide bonds. The Labute approximate surface area is 121 Å². The molecule has 1 spiro atoms. The maximum absolute atomic E-state index is 14.2. The van der Waals surface area contributed by atoms with Crippen molar-refractivity contribution in [1.29, 1.82) is 0 Å². The Balaban J connectivity index is 1.87. The highest BCUT2D eigenvalue weighted by Crippen LogP contribution is 2.35. The highest BCUT2D eigenvalue weighted by Gasteiger charge is 2.39. The lowest BCUT2D eigenvalue weighted by Gasteiger charge is -2.50. The second-order valence-corrected chi connectivity index (χ2v) is 6.36. The molecular formula is C17H25FN2. The van der Waals surface area contributed by atoms with Gasteiger partial charge in [-0.3, -0.25) is 0 Å². The number of para-hydroxylation sites is 1. The number of nitrogens with one attached hydrogen (secondary N) is 1. The third-order valence-electron chi connectivity index (χ3n) is 5.07. The van der Waals surface area contributed by atoms with Crippen molar-refractivity contribution in [2.45, 2.75) is 57.0 Å². The van der Waals surface area contributed by atoms with E-state index in [1.165, 1.54) is 32.1 Å². The van der Waals surface area contributed by atoms with E-state index >= 15 is 0 Å². The van der Waals surface area contributed by atoms with Crippen LogP contribution in [0.5, 0.6) is 0 Å². The van der Waals surface area contributed by atoms with Crippen molar-refractivity contribution in [3.63, 3.8) is 0 Å². The van der Waals surface area contributed by atoms with Crippen molar-refractivity contribution < 1.29 is 4.39 Å². The van der Waals surface area contributed by atoms with Gasteiger partial charge in [-0.2, -0.15) is 0 Å². The number of benzene rings is 1. The monoisotopic (exact) mass is 276 g/mol. The molecule has 1 aliphatic heterocycles. The van der Waals surface area contributed by atoms with Crippen molar-refractivity contribution in [2.24, 2.45) is 0 Å². The topological polar surface area (TPSA) is 15.3 Å². The lowest BCUT2D eigenvalue weighted by Crippen LogP contribution is -2.65. The molecule has 3 heteroatoms. The number of nitrogens with zero attached hydrogens (tertiary/aromatic N) is 1. The summed E-state index contributed by atoms with van der Waals surface area (Å²) in [5, 5.41) is 3.79. The summed E-state index contributed by atoms with van der Waals surface area (Å²) < 4.78 is 14.2. The van der Waals surface area contributed by atoms with Crippen molar-refractivity contribution in [3.8, 4) is 0 Å². The van der Waals surface area contributed by atoms with E-state index in [9.17, 15) is 4.39 Å². The van der Waals surface area contributed by atoms with Gasteiger partial charge in [-0.05, 0) is 31.4 Å². The van der Waals surface area contributed by atoms with E-state index in [4.69, 9.17) is 0 Å². The van der Waals surface area contributed by atoms with Crippen LogP contribution < -0.4 is 10.2 Å². The van der Waals surface area contributed by atoms with Crippen LogP contribution in [0.3, 0.4) is 0 Å². The molecule has 110 valence electrons. The molecule has 0 radical (unpaired) electrons. The summed E-state index contributed by atoms with van der Waals surface area (Å²) in [4.78, 5) is 2.32. The predicted molar refractivity (Wildman–Crippen MR) is 81.6 cm³/mol. The average Bonchev–Trinajstić information content (AvgIpc) is 2.49. The smallest absolute Gasteiger partial charge is 0.146 e. The molecule has 2 nitrogen and oxygen atoms in total. The minimum absolute atomic E-state index is 0.0844. The molecule has 2 fully saturated rings. The first-order chi connectivity index (χ1) is 9.74. The van der Waals surface area contributed by atoms with Gasteiger partial charge < -0.3 is 10.2 Å². The molecule has 1 N–H and O–H groups in total. The largest absolute Gasteiger partial charge is 0.363 e. The minimum Gasteiger partial charge on any atom is -0.363 e. The van der Waals surface area contributed by atoms with Crippen LogP contribution in [-0.2, 0) is 0 Å². The zero-order chi connectivity index (χ0) is 14.0. The summed E-state index contributed by atoms with van der Waals surface area (Å²) in [6.07, 6.45) is 7.46. The van der Waals surface area contributed by atoms with Crippen LogP contribution in [0.1, 0.15) is 45.4 Å². The van der Waals surface area contributed by atoms with Crippen molar-refractivity contribution >= 4 is 5.69 Å². The van der Waals surface area contributed by atoms with Gasteiger partial charge in [0.2, 0.25) is 0 Å². The van der Waals surface area contributed by atoms with Gasteiger partial charge in [-0.15, -0.1) is 0 Å². The van der Waals surface area contributed by atoms with Crippen molar-refractivity contribution in [3.05, 3.63) is 30.1 Å². The van der Waals surface area contributed by atoms with Crippen molar-refractivity contribution in [2.75, 3.05) is 18.0 Å². The fraction of sp³-hybridized carbons (Fsp3) is 0.647. The third-order valence-corrected chi connectivity index (χ3v) is 5.07. The molecule has 1 saturated heterocycles. The molecule has 2 aliphatic rings. The van der Waals surface area contributed by atoms with E-state index in [-0.39, 0.29) is 11.4 Å². The summed E-state index contributed by atoms with van der Waals surface area (Å²) in [6.45, 7) is 4.12. The molecule has 1 aromatic rings. The summed E-state index contributed by atoms with van der Waals surface area (Å²) in [5.41, 5.74) is 0.998. The Morgan fingerprint density at radius 1 is 1.25 bits per heavy atom. The predicted octanol–water partition coefficient (Wildman–Crippen LogP) is 3.72. The average molecular weight is 276 g/mol. The van der Waals surface area contributed by atoms with Crippen LogP contribution >= 0.6 is 0 Å². The van der Waals surface area contributed by atoms with Crippen molar-refractivity contribution in [1.82, 2.24) is 5.32 Å². The van der Waals surface area contributed by atoms with E-state index in [0.717, 1.165) is 25.2 Å². The van der Waals surface area contributed by atoms with Crippen LogP contribution in [0.2, 0.25) is 0 Å². The van der Waals surface area contributed by atoms with E-state index in [0.29, 0.717) is 6.04 Å². The van der Waals surface area contributed by atoms with Gasteiger partial charge in [0.1, 0.15) is 5.82 Å². The first-order valence-corrected chi connectivity index (χ1v) is 8.00. The van der Waals surface area contributed by atoms with Crippen LogP contribution in [0.15, 0.2) is 24.3 Å². The molecule has 1 unspecified atom stereocenters. The SMILES string of the molecule is CCC1CNC2(CCCCC2)CN1c1ccccc1F. The molecule has 0 bridgehead atoms.